The Labute approximate surface area is 137 Å². The van der Waals surface area contributed by atoms with E-state index in [2.05, 4.69) is 20.7 Å². The van der Waals surface area contributed by atoms with Gasteiger partial charge in [0, 0.05) is 6.54 Å². The molecule has 0 aliphatic rings. The smallest absolute Gasteiger partial charge is 0.345 e. The monoisotopic (exact) mass is 411 g/mol. The number of aliphatic hydroxyl groups is 1. The van der Waals surface area contributed by atoms with Crippen LogP contribution in [0.5, 0.6) is 0 Å². The van der Waals surface area contributed by atoms with Crippen molar-refractivity contribution >= 4 is 54.6 Å². The summed E-state index contributed by atoms with van der Waals surface area (Å²) in [5.41, 5.74) is 0.623. The molecule has 3 N–H and O–H groups in total. The number of hydrogen-bond acceptors (Lipinski definition) is 6. The molecular formula is C11H10BrNO5S3. The Bertz CT molecular complexity index is 738. The Morgan fingerprint density at radius 3 is 2.71 bits per heavy atom. The lowest BCUT2D eigenvalue weighted by Crippen LogP contribution is -2.28. The Morgan fingerprint density at radius 1 is 1.48 bits per heavy atom. The number of aromatic carboxylic acids is 1. The first-order valence-corrected chi connectivity index (χ1v) is 9.57. The summed E-state index contributed by atoms with van der Waals surface area (Å²) in [5, 5.41) is 22.2. The molecule has 2 aromatic rings. The van der Waals surface area contributed by atoms with E-state index >= 15 is 0 Å². The lowest BCUT2D eigenvalue weighted by atomic mass is 10.2. The Balaban J connectivity index is 2.13. The largest absolute Gasteiger partial charge is 0.477 e. The molecule has 1 unspecified atom stereocenters. The number of aliphatic hydroxyl groups excluding tert-OH is 1. The summed E-state index contributed by atoms with van der Waals surface area (Å²) in [4.78, 5) is 10.6. The van der Waals surface area contributed by atoms with Crippen LogP contribution < -0.4 is 4.72 Å². The lowest BCUT2D eigenvalue weighted by molar-refractivity contribution is 0.0702. The van der Waals surface area contributed by atoms with Crippen molar-refractivity contribution in [3.63, 3.8) is 0 Å². The van der Waals surface area contributed by atoms with Crippen LogP contribution in [0.3, 0.4) is 0 Å². The molecule has 114 valence electrons. The van der Waals surface area contributed by atoms with E-state index in [0.717, 1.165) is 17.4 Å². The van der Waals surface area contributed by atoms with Crippen LogP contribution in [0.25, 0.3) is 0 Å². The van der Waals surface area contributed by atoms with Crippen LogP contribution in [0.15, 0.2) is 31.6 Å². The number of rotatable bonds is 6. The predicted molar refractivity (Wildman–Crippen MR) is 83.4 cm³/mol. The van der Waals surface area contributed by atoms with Crippen LogP contribution >= 0.6 is 38.6 Å². The van der Waals surface area contributed by atoms with Gasteiger partial charge in [-0.1, -0.05) is 0 Å². The number of halogens is 1. The van der Waals surface area contributed by atoms with E-state index < -0.39 is 22.1 Å². The normalized spacial score (nSPS) is 13.2. The second-order valence-electron chi connectivity index (χ2n) is 3.98. The van der Waals surface area contributed by atoms with Gasteiger partial charge in [0.1, 0.15) is 9.77 Å². The van der Waals surface area contributed by atoms with Crippen molar-refractivity contribution in [3.8, 4) is 0 Å². The predicted octanol–water partition coefficient (Wildman–Crippen LogP) is 2.28. The molecule has 0 bridgehead atoms. The van der Waals surface area contributed by atoms with Crippen molar-refractivity contribution in [1.29, 1.82) is 0 Å². The molecule has 10 heteroatoms. The van der Waals surface area contributed by atoms with Gasteiger partial charge < -0.3 is 10.2 Å². The third-order valence-electron chi connectivity index (χ3n) is 2.55. The zero-order chi connectivity index (χ0) is 15.6. The van der Waals surface area contributed by atoms with Gasteiger partial charge in [-0.15, -0.1) is 11.3 Å². The van der Waals surface area contributed by atoms with E-state index in [1.165, 1.54) is 11.3 Å². The van der Waals surface area contributed by atoms with Crippen LogP contribution in [0.4, 0.5) is 0 Å². The maximum absolute atomic E-state index is 12.1. The van der Waals surface area contributed by atoms with E-state index in [0.29, 0.717) is 5.56 Å². The van der Waals surface area contributed by atoms with Gasteiger partial charge in [-0.2, -0.15) is 11.3 Å². The minimum absolute atomic E-state index is 0.0827. The second-order valence-corrected chi connectivity index (χ2v) is 8.86. The fraction of sp³-hybridized carbons (Fsp3) is 0.182. The number of carboxylic acid groups (broad SMARTS) is 1. The highest BCUT2D eigenvalue weighted by atomic mass is 79.9. The van der Waals surface area contributed by atoms with Gasteiger partial charge in [-0.25, -0.2) is 17.9 Å². The highest BCUT2D eigenvalue weighted by Crippen LogP contribution is 2.31. The summed E-state index contributed by atoms with van der Waals surface area (Å²) in [5.74, 6) is -1.19. The SMILES string of the molecule is O=C(O)c1cc(S(=O)(=O)NCC(O)c2ccsc2)c(Br)s1. The molecule has 2 heterocycles. The molecule has 0 radical (unpaired) electrons. The average Bonchev–Trinajstić information content (AvgIpc) is 3.05. The topological polar surface area (TPSA) is 104 Å². The van der Waals surface area contributed by atoms with E-state index in [4.69, 9.17) is 5.11 Å². The molecule has 0 aromatic carbocycles. The van der Waals surface area contributed by atoms with Crippen LogP contribution in [-0.2, 0) is 10.0 Å². The maximum Gasteiger partial charge on any atom is 0.345 e. The first-order chi connectivity index (χ1) is 9.81. The van der Waals surface area contributed by atoms with E-state index in [9.17, 15) is 18.3 Å². The summed E-state index contributed by atoms with van der Waals surface area (Å²) >= 11 is 5.26. The van der Waals surface area contributed by atoms with E-state index in [1.807, 2.05) is 0 Å². The molecule has 21 heavy (non-hydrogen) atoms. The molecule has 0 aliphatic carbocycles. The van der Waals surface area contributed by atoms with Gasteiger partial charge in [0.05, 0.1) is 9.89 Å². The molecule has 2 aromatic heterocycles. The van der Waals surface area contributed by atoms with Crippen LogP contribution in [0.2, 0.25) is 0 Å². The number of nitrogens with one attached hydrogen (secondary N) is 1. The minimum Gasteiger partial charge on any atom is -0.477 e. The third kappa shape index (κ3) is 3.90. The quantitative estimate of drug-likeness (QED) is 0.676. The molecule has 0 saturated carbocycles. The number of carbonyl (C=O) groups is 1. The van der Waals surface area contributed by atoms with Crippen molar-refractivity contribution in [1.82, 2.24) is 4.72 Å². The molecule has 0 saturated heterocycles. The zero-order valence-corrected chi connectivity index (χ0v) is 14.4. The molecule has 2 rings (SSSR count). The van der Waals surface area contributed by atoms with Crippen molar-refractivity contribution < 1.29 is 23.4 Å². The average molecular weight is 412 g/mol. The van der Waals surface area contributed by atoms with Crippen LogP contribution in [-0.4, -0.2) is 31.1 Å². The van der Waals surface area contributed by atoms with Crippen molar-refractivity contribution in [2.45, 2.75) is 11.0 Å². The fourth-order valence-electron chi connectivity index (χ4n) is 1.49. The number of sulfonamides is 1. The fourth-order valence-corrected chi connectivity index (χ4v) is 5.64. The standard InChI is InChI=1S/C11H10BrNO5S3/c12-10-9(3-8(20-10)11(15)16)21(17,18)13-4-7(14)6-1-2-19-5-6/h1-3,5,7,13-14H,4H2,(H,15,16). The first kappa shape index (κ1) is 16.6. The van der Waals surface area contributed by atoms with Crippen LogP contribution in [0, 0.1) is 0 Å². The Morgan fingerprint density at radius 2 is 2.19 bits per heavy atom. The first-order valence-electron chi connectivity index (χ1n) is 5.53. The van der Waals surface area contributed by atoms with Crippen molar-refractivity contribution in [2.75, 3.05) is 6.54 Å². The molecule has 6 nitrogen and oxygen atoms in total. The minimum atomic E-state index is -3.90. The van der Waals surface area contributed by atoms with Crippen LogP contribution in [0.1, 0.15) is 21.3 Å². The number of hydrogen-bond donors (Lipinski definition) is 3. The molecule has 0 spiro atoms. The van der Waals surface area contributed by atoms with Gasteiger partial charge in [0.15, 0.2) is 0 Å². The van der Waals surface area contributed by atoms with E-state index in [1.54, 1.807) is 16.8 Å². The summed E-state index contributed by atoms with van der Waals surface area (Å²) in [7, 11) is -3.90. The number of thiophene rings is 2. The van der Waals surface area contributed by atoms with E-state index in [-0.39, 0.29) is 20.1 Å². The van der Waals surface area contributed by atoms with Gasteiger partial charge >= 0.3 is 5.97 Å². The summed E-state index contributed by atoms with van der Waals surface area (Å²) in [6.45, 7) is -0.191. The van der Waals surface area contributed by atoms with Gasteiger partial charge in [-0.3, -0.25) is 0 Å². The highest BCUT2D eigenvalue weighted by Gasteiger charge is 2.24. The molecule has 1 atom stereocenters. The summed E-state index contributed by atoms with van der Waals surface area (Å²) in [6.07, 6.45) is -0.956. The number of carboxylic acids is 1. The summed E-state index contributed by atoms with van der Waals surface area (Å²) < 4.78 is 26.7. The highest BCUT2D eigenvalue weighted by molar-refractivity contribution is 9.11. The molecule has 0 amide bonds. The Kier molecular flexibility index (Phi) is 5.17. The molecule has 0 fully saturated rings. The second kappa shape index (κ2) is 6.55. The van der Waals surface area contributed by atoms with Crippen molar-refractivity contribution in [2.24, 2.45) is 0 Å². The lowest BCUT2D eigenvalue weighted by Gasteiger charge is -2.10. The van der Waals surface area contributed by atoms with Gasteiger partial charge in [-0.05, 0) is 44.4 Å². The molecular weight excluding hydrogens is 402 g/mol. The van der Waals surface area contributed by atoms with Crippen molar-refractivity contribution in [3.05, 3.63) is 37.1 Å². The van der Waals surface area contributed by atoms with Gasteiger partial charge in [0.2, 0.25) is 10.0 Å². The summed E-state index contributed by atoms with van der Waals surface area (Å²) in [6, 6.07) is 2.78. The maximum atomic E-state index is 12.1. The Hall–Kier alpha value is -0.780. The third-order valence-corrected chi connectivity index (χ3v) is 6.92. The zero-order valence-electron chi connectivity index (χ0n) is 10.3. The molecule has 0 aliphatic heterocycles. The van der Waals surface area contributed by atoms with Gasteiger partial charge in [0.25, 0.3) is 0 Å².